The fraction of sp³-hybridized carbons (Fsp3) is 0.600. The maximum atomic E-state index is 6.04. The molecule has 1 unspecified atom stereocenters. The molecule has 1 atom stereocenters. The quantitative estimate of drug-likeness (QED) is 0.824. The Balaban J connectivity index is 1.96. The minimum atomic E-state index is 0.158. The first-order valence-electron chi connectivity index (χ1n) is 6.75. The number of rotatable bonds is 7. The van der Waals surface area contributed by atoms with E-state index in [1.165, 1.54) is 18.4 Å². The van der Waals surface area contributed by atoms with Crippen molar-refractivity contribution in [3.63, 3.8) is 0 Å². The van der Waals surface area contributed by atoms with Gasteiger partial charge in [-0.2, -0.15) is 0 Å². The summed E-state index contributed by atoms with van der Waals surface area (Å²) in [6.45, 7) is 6.09. The summed E-state index contributed by atoms with van der Waals surface area (Å²) < 4.78 is 7.15. The topological polar surface area (TPSA) is 21.3 Å². The summed E-state index contributed by atoms with van der Waals surface area (Å²) in [5.74, 6) is 0.570. The van der Waals surface area contributed by atoms with Crippen LogP contribution >= 0.6 is 15.9 Å². The minimum Gasteiger partial charge on any atom is -0.372 e. The molecule has 1 aliphatic rings. The van der Waals surface area contributed by atoms with Crippen LogP contribution in [0.2, 0.25) is 0 Å². The van der Waals surface area contributed by atoms with Gasteiger partial charge in [0.1, 0.15) is 0 Å². The SMILES string of the molecule is CC(C)COC(CNC1CC1)c1cccc(Br)c1. The first-order valence-corrected chi connectivity index (χ1v) is 7.55. The highest BCUT2D eigenvalue weighted by Gasteiger charge is 2.23. The maximum absolute atomic E-state index is 6.04. The smallest absolute Gasteiger partial charge is 0.0949 e. The minimum absolute atomic E-state index is 0.158. The van der Waals surface area contributed by atoms with Crippen molar-refractivity contribution in [3.8, 4) is 0 Å². The highest BCUT2D eigenvalue weighted by Crippen LogP contribution is 2.24. The van der Waals surface area contributed by atoms with E-state index in [2.05, 4.69) is 59.4 Å². The average Bonchev–Trinajstić information content (AvgIpc) is 3.12. The third kappa shape index (κ3) is 4.71. The van der Waals surface area contributed by atoms with E-state index in [0.717, 1.165) is 23.7 Å². The first kappa shape index (κ1) is 14.0. The van der Waals surface area contributed by atoms with E-state index in [4.69, 9.17) is 4.74 Å². The Morgan fingerprint density at radius 2 is 2.17 bits per heavy atom. The number of nitrogens with one attached hydrogen (secondary N) is 1. The Morgan fingerprint density at radius 3 is 2.78 bits per heavy atom. The summed E-state index contributed by atoms with van der Waals surface area (Å²) in [4.78, 5) is 0. The molecular formula is C15H22BrNO. The summed E-state index contributed by atoms with van der Waals surface area (Å²) in [5, 5.41) is 3.56. The molecule has 18 heavy (non-hydrogen) atoms. The van der Waals surface area contributed by atoms with Gasteiger partial charge < -0.3 is 10.1 Å². The van der Waals surface area contributed by atoms with E-state index in [0.29, 0.717) is 5.92 Å². The molecule has 1 aromatic rings. The molecule has 1 saturated carbocycles. The Morgan fingerprint density at radius 1 is 1.39 bits per heavy atom. The molecule has 0 bridgehead atoms. The van der Waals surface area contributed by atoms with Crippen molar-refractivity contribution in [1.82, 2.24) is 5.32 Å². The van der Waals surface area contributed by atoms with Crippen LogP contribution in [0.3, 0.4) is 0 Å². The highest BCUT2D eigenvalue weighted by molar-refractivity contribution is 9.10. The first-order chi connectivity index (χ1) is 8.65. The van der Waals surface area contributed by atoms with Gasteiger partial charge in [0.2, 0.25) is 0 Å². The van der Waals surface area contributed by atoms with E-state index >= 15 is 0 Å². The second kappa shape index (κ2) is 6.69. The van der Waals surface area contributed by atoms with Crippen molar-refractivity contribution in [2.75, 3.05) is 13.2 Å². The van der Waals surface area contributed by atoms with Crippen molar-refractivity contribution in [1.29, 1.82) is 0 Å². The predicted molar refractivity (Wildman–Crippen MR) is 78.7 cm³/mol. The zero-order valence-corrected chi connectivity index (χ0v) is 12.7. The fourth-order valence-electron chi connectivity index (χ4n) is 1.85. The van der Waals surface area contributed by atoms with Crippen molar-refractivity contribution in [2.24, 2.45) is 5.92 Å². The zero-order chi connectivity index (χ0) is 13.0. The van der Waals surface area contributed by atoms with Crippen molar-refractivity contribution in [2.45, 2.75) is 38.8 Å². The molecule has 2 nitrogen and oxygen atoms in total. The molecule has 1 fully saturated rings. The Kier molecular flexibility index (Phi) is 5.22. The van der Waals surface area contributed by atoms with Gasteiger partial charge in [0.15, 0.2) is 0 Å². The molecule has 0 radical (unpaired) electrons. The van der Waals surface area contributed by atoms with E-state index in [-0.39, 0.29) is 6.10 Å². The summed E-state index contributed by atoms with van der Waals surface area (Å²) in [7, 11) is 0. The molecule has 0 amide bonds. The second-order valence-corrected chi connectivity index (χ2v) is 6.37. The van der Waals surface area contributed by atoms with Crippen LogP contribution in [-0.2, 0) is 4.74 Å². The van der Waals surface area contributed by atoms with E-state index in [1.807, 2.05) is 0 Å². The van der Waals surface area contributed by atoms with Gasteiger partial charge in [0, 0.05) is 23.7 Å². The third-order valence-corrected chi connectivity index (χ3v) is 3.51. The van der Waals surface area contributed by atoms with Crippen LogP contribution in [0.15, 0.2) is 28.7 Å². The van der Waals surface area contributed by atoms with Crippen LogP contribution in [0.5, 0.6) is 0 Å². The number of halogens is 1. The van der Waals surface area contributed by atoms with Gasteiger partial charge in [-0.1, -0.05) is 41.9 Å². The fourth-order valence-corrected chi connectivity index (χ4v) is 2.27. The van der Waals surface area contributed by atoms with E-state index in [1.54, 1.807) is 0 Å². The van der Waals surface area contributed by atoms with E-state index < -0.39 is 0 Å². The standard InChI is InChI=1S/C15H22BrNO/c1-11(2)10-18-15(9-17-14-6-7-14)12-4-3-5-13(16)8-12/h3-5,8,11,14-15,17H,6-7,9-10H2,1-2H3. The normalized spacial score (nSPS) is 17.1. The van der Waals surface area contributed by atoms with Crippen molar-refractivity contribution >= 4 is 15.9 Å². The van der Waals surface area contributed by atoms with Gasteiger partial charge in [-0.05, 0) is 36.5 Å². The molecule has 0 aromatic heterocycles. The van der Waals surface area contributed by atoms with Gasteiger partial charge in [0.25, 0.3) is 0 Å². The molecule has 2 rings (SSSR count). The lowest BCUT2D eigenvalue weighted by molar-refractivity contribution is 0.0349. The van der Waals surface area contributed by atoms with Gasteiger partial charge >= 0.3 is 0 Å². The number of benzene rings is 1. The molecule has 0 heterocycles. The maximum Gasteiger partial charge on any atom is 0.0949 e. The number of hydrogen-bond acceptors (Lipinski definition) is 2. The van der Waals surface area contributed by atoms with Gasteiger partial charge in [-0.25, -0.2) is 0 Å². The van der Waals surface area contributed by atoms with Gasteiger partial charge in [-0.3, -0.25) is 0 Å². The lowest BCUT2D eigenvalue weighted by atomic mass is 10.1. The molecular weight excluding hydrogens is 290 g/mol. The summed E-state index contributed by atoms with van der Waals surface area (Å²) >= 11 is 3.53. The van der Waals surface area contributed by atoms with Crippen molar-refractivity contribution < 1.29 is 4.74 Å². The second-order valence-electron chi connectivity index (χ2n) is 5.45. The average molecular weight is 312 g/mol. The lowest BCUT2D eigenvalue weighted by Gasteiger charge is -2.20. The van der Waals surface area contributed by atoms with Gasteiger partial charge in [0.05, 0.1) is 6.10 Å². The van der Waals surface area contributed by atoms with Crippen LogP contribution in [-0.4, -0.2) is 19.2 Å². The molecule has 3 heteroatoms. The number of ether oxygens (including phenoxy) is 1. The highest BCUT2D eigenvalue weighted by atomic mass is 79.9. The zero-order valence-electron chi connectivity index (χ0n) is 11.2. The molecule has 0 spiro atoms. The lowest BCUT2D eigenvalue weighted by Crippen LogP contribution is -2.26. The van der Waals surface area contributed by atoms with Crippen LogP contribution in [0, 0.1) is 5.92 Å². The van der Waals surface area contributed by atoms with Crippen LogP contribution in [0.4, 0.5) is 0 Å². The molecule has 1 aliphatic carbocycles. The van der Waals surface area contributed by atoms with Crippen molar-refractivity contribution in [3.05, 3.63) is 34.3 Å². The summed E-state index contributed by atoms with van der Waals surface area (Å²) in [6.07, 6.45) is 2.79. The largest absolute Gasteiger partial charge is 0.372 e. The molecule has 1 aromatic carbocycles. The summed E-state index contributed by atoms with van der Waals surface area (Å²) in [6, 6.07) is 9.14. The van der Waals surface area contributed by atoms with Crippen LogP contribution in [0.25, 0.3) is 0 Å². The Bertz CT molecular complexity index is 371. The monoisotopic (exact) mass is 311 g/mol. The summed E-state index contributed by atoms with van der Waals surface area (Å²) in [5.41, 5.74) is 1.25. The van der Waals surface area contributed by atoms with Crippen LogP contribution in [0.1, 0.15) is 38.4 Å². The van der Waals surface area contributed by atoms with Gasteiger partial charge in [-0.15, -0.1) is 0 Å². The van der Waals surface area contributed by atoms with Crippen LogP contribution < -0.4 is 5.32 Å². The molecule has 0 aliphatic heterocycles. The third-order valence-electron chi connectivity index (χ3n) is 3.02. The molecule has 1 N–H and O–H groups in total. The molecule has 100 valence electrons. The molecule has 0 saturated heterocycles. The predicted octanol–water partition coefficient (Wildman–Crippen LogP) is 3.91. The van der Waals surface area contributed by atoms with E-state index in [9.17, 15) is 0 Å². The number of hydrogen-bond donors (Lipinski definition) is 1. The Hall–Kier alpha value is -0.380. The Labute approximate surface area is 118 Å².